The Kier molecular flexibility index (Phi) is 3.06. The van der Waals surface area contributed by atoms with Crippen molar-refractivity contribution in [2.45, 2.75) is 45.1 Å². The van der Waals surface area contributed by atoms with Gasteiger partial charge in [0.05, 0.1) is 0 Å². The summed E-state index contributed by atoms with van der Waals surface area (Å²) in [5.74, 6) is 1.09. The highest BCUT2D eigenvalue weighted by molar-refractivity contribution is 5.26. The summed E-state index contributed by atoms with van der Waals surface area (Å²) in [4.78, 5) is 4.55. The molecule has 3 atom stereocenters. The number of hydrogen-bond donors (Lipinski definition) is 1. The molecule has 1 aliphatic rings. The van der Waals surface area contributed by atoms with Gasteiger partial charge in [0.1, 0.15) is 0 Å². The lowest BCUT2D eigenvalue weighted by Gasteiger charge is -2.31. The van der Waals surface area contributed by atoms with E-state index in [1.807, 2.05) is 12.3 Å². The first-order valence-corrected chi connectivity index (χ1v) is 5.89. The van der Waals surface area contributed by atoms with E-state index in [1.54, 1.807) is 0 Å². The molecule has 82 valence electrons. The third-order valence-electron chi connectivity index (χ3n) is 3.70. The summed E-state index contributed by atoms with van der Waals surface area (Å²) in [7, 11) is 0. The van der Waals surface area contributed by atoms with Crippen LogP contribution in [-0.4, -0.2) is 11.0 Å². The molecular weight excluding hydrogens is 184 g/mol. The van der Waals surface area contributed by atoms with Crippen molar-refractivity contribution in [3.05, 3.63) is 29.6 Å². The van der Waals surface area contributed by atoms with Crippen LogP contribution in [0, 0.1) is 5.92 Å². The predicted molar refractivity (Wildman–Crippen MR) is 62.7 cm³/mol. The molecule has 0 bridgehead atoms. The molecule has 0 spiro atoms. The zero-order valence-electron chi connectivity index (χ0n) is 9.61. The van der Waals surface area contributed by atoms with Gasteiger partial charge in [-0.25, -0.2) is 0 Å². The molecule has 1 heterocycles. The fraction of sp³-hybridized carbons (Fsp3) is 0.615. The fourth-order valence-corrected chi connectivity index (χ4v) is 2.52. The summed E-state index contributed by atoms with van der Waals surface area (Å²) in [5, 5.41) is 0. The Balaban J connectivity index is 2.29. The molecule has 0 aromatic carbocycles. The first-order chi connectivity index (χ1) is 7.20. The van der Waals surface area contributed by atoms with Crippen LogP contribution in [0.1, 0.15) is 43.9 Å². The number of rotatable bonds is 2. The highest BCUT2D eigenvalue weighted by Crippen LogP contribution is 2.36. The molecule has 1 aromatic heterocycles. The molecule has 0 fully saturated rings. The van der Waals surface area contributed by atoms with Crippen molar-refractivity contribution in [3.8, 4) is 0 Å². The lowest BCUT2D eigenvalue weighted by atomic mass is 9.77. The van der Waals surface area contributed by atoms with Gasteiger partial charge >= 0.3 is 0 Å². The highest BCUT2D eigenvalue weighted by atomic mass is 14.7. The zero-order valence-corrected chi connectivity index (χ0v) is 9.61. The summed E-state index contributed by atoms with van der Waals surface area (Å²) in [6.07, 6.45) is 5.61. The Bertz CT molecular complexity index is 333. The number of hydrogen-bond acceptors (Lipinski definition) is 2. The van der Waals surface area contributed by atoms with Gasteiger partial charge < -0.3 is 5.73 Å². The maximum Gasteiger partial charge on any atom is 0.0469 e. The second-order valence-corrected chi connectivity index (χ2v) is 4.76. The number of fused-ring (bicyclic) bond motifs is 1. The van der Waals surface area contributed by atoms with Crippen molar-refractivity contribution >= 4 is 0 Å². The molecule has 0 aliphatic heterocycles. The van der Waals surface area contributed by atoms with Crippen LogP contribution in [0.3, 0.4) is 0 Å². The van der Waals surface area contributed by atoms with Crippen LogP contribution in [0.5, 0.6) is 0 Å². The molecular formula is C13H20N2. The van der Waals surface area contributed by atoms with E-state index < -0.39 is 0 Å². The second kappa shape index (κ2) is 4.31. The van der Waals surface area contributed by atoms with Crippen LogP contribution >= 0.6 is 0 Å². The van der Waals surface area contributed by atoms with Crippen molar-refractivity contribution in [3.63, 3.8) is 0 Å². The van der Waals surface area contributed by atoms with Crippen LogP contribution in [0.4, 0.5) is 0 Å². The maximum absolute atomic E-state index is 6.00. The Morgan fingerprint density at radius 3 is 3.00 bits per heavy atom. The Morgan fingerprint density at radius 2 is 2.27 bits per heavy atom. The topological polar surface area (TPSA) is 38.9 Å². The predicted octanol–water partition coefficient (Wildman–Crippen LogP) is 2.48. The fourth-order valence-electron chi connectivity index (χ4n) is 2.52. The van der Waals surface area contributed by atoms with E-state index in [0.29, 0.717) is 11.8 Å². The van der Waals surface area contributed by atoms with Gasteiger partial charge in [0.2, 0.25) is 0 Å². The SMILES string of the molecule is CC(N)C(C)C1CCCc2cccnc21. The summed E-state index contributed by atoms with van der Waals surface area (Å²) < 4.78 is 0. The number of nitrogens with two attached hydrogens (primary N) is 1. The van der Waals surface area contributed by atoms with Crippen molar-refractivity contribution in [1.82, 2.24) is 4.98 Å². The van der Waals surface area contributed by atoms with Crippen LogP contribution < -0.4 is 5.73 Å². The lowest BCUT2D eigenvalue weighted by molar-refractivity contribution is 0.352. The number of nitrogens with zero attached hydrogens (tertiary/aromatic N) is 1. The minimum atomic E-state index is 0.253. The van der Waals surface area contributed by atoms with Crippen LogP contribution in [0.25, 0.3) is 0 Å². The van der Waals surface area contributed by atoms with E-state index in [0.717, 1.165) is 0 Å². The summed E-state index contributed by atoms with van der Waals surface area (Å²) in [6.45, 7) is 4.35. The van der Waals surface area contributed by atoms with Gasteiger partial charge in [-0.1, -0.05) is 13.0 Å². The van der Waals surface area contributed by atoms with E-state index in [-0.39, 0.29) is 6.04 Å². The van der Waals surface area contributed by atoms with Gasteiger partial charge in [-0.05, 0) is 43.7 Å². The van der Waals surface area contributed by atoms with Gasteiger partial charge in [-0.15, -0.1) is 0 Å². The maximum atomic E-state index is 6.00. The molecule has 2 heteroatoms. The van der Waals surface area contributed by atoms with Gasteiger partial charge in [-0.2, -0.15) is 0 Å². The Hall–Kier alpha value is -0.890. The van der Waals surface area contributed by atoms with Gasteiger partial charge in [-0.3, -0.25) is 4.98 Å². The highest BCUT2D eigenvalue weighted by Gasteiger charge is 2.27. The quantitative estimate of drug-likeness (QED) is 0.803. The zero-order chi connectivity index (χ0) is 10.8. The van der Waals surface area contributed by atoms with Crippen molar-refractivity contribution in [2.75, 3.05) is 0 Å². The molecule has 15 heavy (non-hydrogen) atoms. The third-order valence-corrected chi connectivity index (χ3v) is 3.70. The number of aryl methyl sites for hydroxylation is 1. The summed E-state index contributed by atoms with van der Waals surface area (Å²) in [6, 6.07) is 4.50. The minimum absolute atomic E-state index is 0.253. The van der Waals surface area contributed by atoms with Crippen LogP contribution in [0.2, 0.25) is 0 Å². The summed E-state index contributed by atoms with van der Waals surface area (Å²) in [5.41, 5.74) is 8.73. The number of aromatic nitrogens is 1. The largest absolute Gasteiger partial charge is 0.328 e. The van der Waals surface area contributed by atoms with E-state index in [2.05, 4.69) is 24.9 Å². The van der Waals surface area contributed by atoms with Gasteiger partial charge in [0.25, 0.3) is 0 Å². The van der Waals surface area contributed by atoms with Crippen LogP contribution in [-0.2, 0) is 6.42 Å². The molecule has 0 saturated carbocycles. The molecule has 2 nitrogen and oxygen atoms in total. The number of pyridine rings is 1. The second-order valence-electron chi connectivity index (χ2n) is 4.76. The van der Waals surface area contributed by atoms with E-state index in [4.69, 9.17) is 5.73 Å². The van der Waals surface area contributed by atoms with E-state index >= 15 is 0 Å². The molecule has 2 N–H and O–H groups in total. The monoisotopic (exact) mass is 204 g/mol. The molecule has 0 radical (unpaired) electrons. The lowest BCUT2D eigenvalue weighted by Crippen LogP contribution is -2.31. The molecule has 1 aromatic rings. The molecule has 3 unspecified atom stereocenters. The standard InChI is InChI=1S/C13H20N2/c1-9(10(2)14)12-7-3-5-11-6-4-8-15-13(11)12/h4,6,8-10,12H,3,5,7,14H2,1-2H3. The first kappa shape index (κ1) is 10.6. The van der Waals surface area contributed by atoms with E-state index in [1.165, 1.54) is 30.5 Å². The van der Waals surface area contributed by atoms with Gasteiger partial charge in [0, 0.05) is 23.9 Å². The third kappa shape index (κ3) is 2.05. The van der Waals surface area contributed by atoms with Crippen LogP contribution in [0.15, 0.2) is 18.3 Å². The van der Waals surface area contributed by atoms with Crippen molar-refractivity contribution < 1.29 is 0 Å². The van der Waals surface area contributed by atoms with E-state index in [9.17, 15) is 0 Å². The first-order valence-electron chi connectivity index (χ1n) is 5.89. The van der Waals surface area contributed by atoms with Gasteiger partial charge in [0.15, 0.2) is 0 Å². The normalized spacial score (nSPS) is 24.3. The Labute approximate surface area is 91.9 Å². The summed E-state index contributed by atoms with van der Waals surface area (Å²) >= 11 is 0. The minimum Gasteiger partial charge on any atom is -0.328 e. The van der Waals surface area contributed by atoms with Crippen molar-refractivity contribution in [2.24, 2.45) is 11.7 Å². The molecule has 0 saturated heterocycles. The van der Waals surface area contributed by atoms with Crippen molar-refractivity contribution in [1.29, 1.82) is 0 Å². The molecule has 0 amide bonds. The molecule has 1 aliphatic carbocycles. The average Bonchev–Trinajstić information content (AvgIpc) is 2.27. The smallest absolute Gasteiger partial charge is 0.0469 e. The average molecular weight is 204 g/mol. The Morgan fingerprint density at radius 1 is 1.47 bits per heavy atom. The molecule has 2 rings (SSSR count).